The third-order valence-corrected chi connectivity index (χ3v) is 5.93. The summed E-state index contributed by atoms with van der Waals surface area (Å²) in [5.41, 5.74) is 3.50. The third kappa shape index (κ3) is 7.71. The number of ether oxygens (including phenoxy) is 1. The van der Waals surface area contributed by atoms with Crippen molar-refractivity contribution in [1.29, 1.82) is 0 Å². The van der Waals surface area contributed by atoms with Gasteiger partial charge >= 0.3 is 0 Å². The Balaban J connectivity index is 0.000000245. The van der Waals surface area contributed by atoms with E-state index in [9.17, 15) is 0 Å². The Kier molecular flexibility index (Phi) is 10.7. The summed E-state index contributed by atoms with van der Waals surface area (Å²) in [4.78, 5) is 15.3. The summed E-state index contributed by atoms with van der Waals surface area (Å²) in [6.45, 7) is 9.68. The summed E-state index contributed by atoms with van der Waals surface area (Å²) in [5, 5.41) is 10.9. The summed E-state index contributed by atoms with van der Waals surface area (Å²) in [6.07, 6.45) is 4.04. The first-order valence-corrected chi connectivity index (χ1v) is 12.8. The number of thioether (sulfide) groups is 2. The van der Waals surface area contributed by atoms with E-state index in [-0.39, 0.29) is 6.61 Å². The monoisotopic (exact) mass is 462 g/mol. The number of hydrogen-bond acceptors (Lipinski definition) is 6. The second-order valence-electron chi connectivity index (χ2n) is 7.66. The first-order chi connectivity index (χ1) is 14.9. The van der Waals surface area contributed by atoms with Gasteiger partial charge in [-0.05, 0) is 29.9 Å². The first kappa shape index (κ1) is 25.5. The van der Waals surface area contributed by atoms with E-state index in [1.165, 1.54) is 11.3 Å². The fourth-order valence-electron chi connectivity index (χ4n) is 2.92. The highest BCUT2D eigenvalue weighted by atomic mass is 32.2. The highest BCUT2D eigenvalue weighted by Gasteiger charge is 2.12. The second-order valence-corrected chi connectivity index (χ2v) is 9.25. The molecule has 0 spiro atoms. The molecule has 0 fully saturated rings. The summed E-state index contributed by atoms with van der Waals surface area (Å²) < 4.78 is 5.70. The number of hydrogen-bond donors (Lipinski definition) is 3. The minimum atomic E-state index is -0.0136. The number of benzene rings is 1. The number of H-pyrrole nitrogens is 2. The lowest BCUT2D eigenvalue weighted by molar-refractivity contribution is 0.102. The zero-order chi connectivity index (χ0) is 22.8. The van der Waals surface area contributed by atoms with Gasteiger partial charge in [0.25, 0.3) is 0 Å². The van der Waals surface area contributed by atoms with E-state index in [1.54, 1.807) is 23.5 Å². The van der Waals surface area contributed by atoms with Crippen molar-refractivity contribution in [3.63, 3.8) is 0 Å². The molecule has 0 aliphatic carbocycles. The van der Waals surface area contributed by atoms with Gasteiger partial charge in [-0.1, -0.05) is 58.0 Å². The van der Waals surface area contributed by atoms with Gasteiger partial charge < -0.3 is 19.8 Å². The van der Waals surface area contributed by atoms with E-state index >= 15 is 0 Å². The molecule has 0 radical (unpaired) electrons. The second kappa shape index (κ2) is 13.0. The fraction of sp³-hybridized carbons (Fsp3) is 0.478. The Bertz CT molecular complexity index is 908. The van der Waals surface area contributed by atoms with Crippen LogP contribution < -0.4 is 0 Å². The molecule has 170 valence electrons. The molecule has 1 aromatic carbocycles. The molecule has 0 atom stereocenters. The minimum absolute atomic E-state index is 0.0136. The number of imidazole rings is 2. The maximum atomic E-state index is 8.85. The molecule has 3 aromatic rings. The summed E-state index contributed by atoms with van der Waals surface area (Å²) in [7, 11) is 0. The maximum absolute atomic E-state index is 8.85. The minimum Gasteiger partial charge on any atom is -0.388 e. The van der Waals surface area contributed by atoms with Gasteiger partial charge in [-0.15, -0.1) is 23.5 Å². The third-order valence-electron chi connectivity index (χ3n) is 4.53. The molecule has 0 bridgehead atoms. The Morgan fingerprint density at radius 2 is 1.35 bits per heavy atom. The molecular formula is C23H34N4O2S2. The van der Waals surface area contributed by atoms with Crippen molar-refractivity contribution in [3.05, 3.63) is 58.9 Å². The van der Waals surface area contributed by atoms with Gasteiger partial charge in [0.05, 0.1) is 18.0 Å². The number of nitrogens with zero attached hydrogens (tertiary/aromatic N) is 2. The van der Waals surface area contributed by atoms with Crippen molar-refractivity contribution in [2.75, 3.05) is 12.5 Å². The van der Waals surface area contributed by atoms with Crippen LogP contribution in [0.4, 0.5) is 0 Å². The van der Waals surface area contributed by atoms with E-state index in [4.69, 9.17) is 9.84 Å². The number of aromatic amines is 2. The molecule has 0 aliphatic rings. The lowest BCUT2D eigenvalue weighted by Crippen LogP contribution is -1.96. The van der Waals surface area contributed by atoms with Gasteiger partial charge in [0.2, 0.25) is 0 Å². The van der Waals surface area contributed by atoms with E-state index in [0.717, 1.165) is 21.6 Å². The first-order valence-electron chi connectivity index (χ1n) is 10.4. The van der Waals surface area contributed by atoms with Crippen molar-refractivity contribution in [2.45, 2.75) is 69.4 Å². The van der Waals surface area contributed by atoms with Gasteiger partial charge in [-0.3, -0.25) is 0 Å². The van der Waals surface area contributed by atoms with Gasteiger partial charge in [0.15, 0.2) is 0 Å². The van der Waals surface area contributed by atoms with Crippen LogP contribution in [0.2, 0.25) is 0 Å². The number of rotatable bonds is 9. The lowest BCUT2D eigenvalue weighted by Gasteiger charge is -2.03. The van der Waals surface area contributed by atoms with Crippen LogP contribution in [-0.2, 0) is 24.6 Å². The number of aliphatic hydroxyl groups excluding tert-OH is 1. The molecular weight excluding hydrogens is 428 g/mol. The van der Waals surface area contributed by atoms with Crippen LogP contribution in [0.25, 0.3) is 0 Å². The van der Waals surface area contributed by atoms with Gasteiger partial charge in [-0.25, -0.2) is 9.97 Å². The van der Waals surface area contributed by atoms with Crippen LogP contribution in [-0.4, -0.2) is 37.6 Å². The summed E-state index contributed by atoms with van der Waals surface area (Å²) in [6, 6.07) is 10.2. The van der Waals surface area contributed by atoms with Crippen molar-refractivity contribution in [1.82, 2.24) is 19.9 Å². The van der Waals surface area contributed by atoms with Crippen LogP contribution in [0, 0.1) is 0 Å². The molecule has 0 aliphatic heterocycles. The van der Waals surface area contributed by atoms with Crippen LogP contribution in [0.1, 0.15) is 68.1 Å². The van der Waals surface area contributed by atoms with Crippen LogP contribution in [0.15, 0.2) is 40.4 Å². The van der Waals surface area contributed by atoms with Gasteiger partial charge in [-0.2, -0.15) is 0 Å². The smallest absolute Gasteiger partial charge is 0.133 e. The standard InChI is InChI=1S/C15H20N2OS.C8H14N2OS/c1-11(2)14-15(19-3)17-13(16-14)10-18-9-12-7-5-4-6-8-12;1-5(2)7-8(12-3)10-6(4-11)9-7/h4-8,11H,9-10H2,1-3H3,(H,16,17);5,11H,4H2,1-3H3,(H,9,10). The Morgan fingerprint density at radius 1 is 0.839 bits per heavy atom. The topological polar surface area (TPSA) is 86.8 Å². The number of aliphatic hydroxyl groups is 1. The average molecular weight is 463 g/mol. The maximum Gasteiger partial charge on any atom is 0.133 e. The fourth-order valence-corrected chi connectivity index (χ4v) is 4.33. The van der Waals surface area contributed by atoms with E-state index in [0.29, 0.717) is 30.9 Å². The molecule has 3 rings (SSSR count). The van der Waals surface area contributed by atoms with Crippen molar-refractivity contribution in [3.8, 4) is 0 Å². The summed E-state index contributed by atoms with van der Waals surface area (Å²) in [5.74, 6) is 2.45. The molecule has 6 nitrogen and oxygen atoms in total. The van der Waals surface area contributed by atoms with E-state index < -0.39 is 0 Å². The Labute approximate surface area is 194 Å². The van der Waals surface area contributed by atoms with Crippen LogP contribution in [0.3, 0.4) is 0 Å². The molecule has 3 N–H and O–H groups in total. The Hall–Kier alpha value is -1.74. The predicted molar refractivity (Wildman–Crippen MR) is 130 cm³/mol. The van der Waals surface area contributed by atoms with Gasteiger partial charge in [0, 0.05) is 0 Å². The molecule has 0 unspecified atom stereocenters. The molecule has 31 heavy (non-hydrogen) atoms. The van der Waals surface area contributed by atoms with Crippen molar-refractivity contribution >= 4 is 23.5 Å². The number of aromatic nitrogens is 4. The zero-order valence-corrected chi connectivity index (χ0v) is 20.9. The number of nitrogens with one attached hydrogen (secondary N) is 2. The predicted octanol–water partition coefficient (Wildman–Crippen LogP) is 5.72. The van der Waals surface area contributed by atoms with Crippen LogP contribution in [0.5, 0.6) is 0 Å². The highest BCUT2D eigenvalue weighted by Crippen LogP contribution is 2.25. The average Bonchev–Trinajstić information content (AvgIpc) is 3.39. The van der Waals surface area contributed by atoms with E-state index in [2.05, 4.69) is 66.0 Å². The molecule has 8 heteroatoms. The lowest BCUT2D eigenvalue weighted by atomic mass is 10.2. The molecule has 0 amide bonds. The van der Waals surface area contributed by atoms with Crippen molar-refractivity contribution < 1.29 is 9.84 Å². The van der Waals surface area contributed by atoms with E-state index in [1.807, 2.05) is 24.5 Å². The molecule has 2 aromatic heterocycles. The SMILES string of the molecule is CSc1nc(CO)[nH]c1C(C)C.CSc1nc(COCc2ccccc2)[nH]c1C(C)C. The summed E-state index contributed by atoms with van der Waals surface area (Å²) >= 11 is 3.28. The highest BCUT2D eigenvalue weighted by molar-refractivity contribution is 7.98. The Morgan fingerprint density at radius 3 is 1.81 bits per heavy atom. The molecule has 2 heterocycles. The quantitative estimate of drug-likeness (QED) is 0.353. The zero-order valence-electron chi connectivity index (χ0n) is 19.2. The molecule has 0 saturated heterocycles. The van der Waals surface area contributed by atoms with Crippen LogP contribution >= 0.6 is 23.5 Å². The molecule has 0 saturated carbocycles. The van der Waals surface area contributed by atoms with Crippen molar-refractivity contribution in [2.24, 2.45) is 0 Å². The normalized spacial score (nSPS) is 11.1. The van der Waals surface area contributed by atoms with Gasteiger partial charge in [0.1, 0.15) is 34.9 Å². The largest absolute Gasteiger partial charge is 0.388 e.